The predicted octanol–water partition coefficient (Wildman–Crippen LogP) is 3.58. The second kappa shape index (κ2) is 8.85. The van der Waals surface area contributed by atoms with E-state index in [0.717, 1.165) is 24.8 Å². The van der Waals surface area contributed by atoms with E-state index in [-0.39, 0.29) is 47.8 Å². The Balaban J connectivity index is 1.65. The van der Waals surface area contributed by atoms with Crippen LogP contribution in [0.25, 0.3) is 0 Å². The molecule has 1 aliphatic heterocycles. The molecule has 31 heavy (non-hydrogen) atoms. The van der Waals surface area contributed by atoms with E-state index in [1.807, 2.05) is 43.0 Å². The molecular formula is C25H32N2O4. The normalized spacial score (nSPS) is 27.0. The van der Waals surface area contributed by atoms with Crippen molar-refractivity contribution in [1.29, 1.82) is 0 Å². The zero-order valence-electron chi connectivity index (χ0n) is 18.6. The van der Waals surface area contributed by atoms with Crippen molar-refractivity contribution in [2.45, 2.75) is 45.6 Å². The van der Waals surface area contributed by atoms with Crippen molar-refractivity contribution < 1.29 is 19.1 Å². The third-order valence-electron chi connectivity index (χ3n) is 7.02. The van der Waals surface area contributed by atoms with Gasteiger partial charge in [-0.2, -0.15) is 0 Å². The molecule has 1 saturated heterocycles. The van der Waals surface area contributed by atoms with Gasteiger partial charge >= 0.3 is 0 Å². The van der Waals surface area contributed by atoms with Crippen molar-refractivity contribution in [2.24, 2.45) is 23.7 Å². The summed E-state index contributed by atoms with van der Waals surface area (Å²) in [5.41, 5.74) is 0.795. The average Bonchev–Trinajstić information content (AvgIpc) is 3.46. The smallest absolute Gasteiger partial charge is 0.234 e. The molecule has 2 aliphatic carbocycles. The number of carbonyl (C=O) groups excluding carboxylic acids is 3. The Hall–Kier alpha value is -2.63. The first kappa shape index (κ1) is 21.6. The van der Waals surface area contributed by atoms with Gasteiger partial charge in [-0.25, -0.2) is 0 Å². The van der Waals surface area contributed by atoms with Gasteiger partial charge in [0.05, 0.1) is 31.4 Å². The third-order valence-corrected chi connectivity index (χ3v) is 7.02. The largest absolute Gasteiger partial charge is 0.497 e. The van der Waals surface area contributed by atoms with Gasteiger partial charge in [0.2, 0.25) is 17.7 Å². The minimum absolute atomic E-state index is 0.0109. The molecular weight excluding hydrogens is 392 g/mol. The van der Waals surface area contributed by atoms with E-state index < -0.39 is 6.04 Å². The molecule has 3 amide bonds. The summed E-state index contributed by atoms with van der Waals surface area (Å²) < 4.78 is 5.27. The fraction of sp³-hybridized carbons (Fsp3) is 0.560. The Morgan fingerprint density at radius 3 is 2.06 bits per heavy atom. The lowest BCUT2D eigenvalue weighted by atomic mass is 9.85. The number of allylic oxidation sites excluding steroid dienone is 2. The standard InChI is InChI=1S/C25H32N2O4/c1-4-12-26(13-5-2)21(28)15-20(16-8-10-19(31-3)11-9-16)27-24(29)22-17-6-7-18(14-17)23(22)25(27)30/h6-11,17-18,20,22-23H,4-5,12-15H2,1-3H3. The summed E-state index contributed by atoms with van der Waals surface area (Å²) in [5, 5.41) is 0. The van der Waals surface area contributed by atoms with Gasteiger partial charge in [-0.3, -0.25) is 19.3 Å². The molecule has 3 aliphatic rings. The quantitative estimate of drug-likeness (QED) is 0.449. The van der Waals surface area contributed by atoms with Gasteiger partial charge in [0.25, 0.3) is 0 Å². The summed E-state index contributed by atoms with van der Waals surface area (Å²) in [4.78, 5) is 43.4. The van der Waals surface area contributed by atoms with Gasteiger partial charge in [-0.15, -0.1) is 0 Å². The maximum absolute atomic E-state index is 13.4. The van der Waals surface area contributed by atoms with Crippen LogP contribution in [0.5, 0.6) is 5.75 Å². The monoisotopic (exact) mass is 424 g/mol. The second-order valence-electron chi connectivity index (χ2n) is 8.92. The van der Waals surface area contributed by atoms with Gasteiger partial charge in [0.15, 0.2) is 0 Å². The van der Waals surface area contributed by atoms with Crippen LogP contribution in [-0.4, -0.2) is 47.7 Å². The lowest BCUT2D eigenvalue weighted by Crippen LogP contribution is -2.41. The highest BCUT2D eigenvalue weighted by Crippen LogP contribution is 2.54. The average molecular weight is 425 g/mol. The SMILES string of the molecule is CCCN(CCC)C(=O)CC(c1ccc(OC)cc1)N1C(=O)C2C3C=CC(C3)C2C1=O. The Morgan fingerprint density at radius 2 is 1.58 bits per heavy atom. The van der Waals surface area contributed by atoms with Gasteiger partial charge in [-0.05, 0) is 48.8 Å². The topological polar surface area (TPSA) is 66.9 Å². The minimum atomic E-state index is -0.584. The number of methoxy groups -OCH3 is 1. The van der Waals surface area contributed by atoms with Crippen molar-refractivity contribution in [3.05, 3.63) is 42.0 Å². The van der Waals surface area contributed by atoms with Crippen LogP contribution < -0.4 is 4.74 Å². The Kier molecular flexibility index (Phi) is 6.17. The minimum Gasteiger partial charge on any atom is -0.497 e. The Morgan fingerprint density at radius 1 is 1.03 bits per heavy atom. The second-order valence-corrected chi connectivity index (χ2v) is 8.92. The molecule has 5 unspecified atom stereocenters. The van der Waals surface area contributed by atoms with Gasteiger partial charge in [0.1, 0.15) is 5.75 Å². The Bertz CT molecular complexity index is 842. The Labute approximate surface area is 184 Å². The van der Waals surface area contributed by atoms with Crippen molar-refractivity contribution >= 4 is 17.7 Å². The number of hydrogen-bond donors (Lipinski definition) is 0. The number of amides is 3. The number of imide groups is 1. The summed E-state index contributed by atoms with van der Waals surface area (Å²) >= 11 is 0. The molecule has 1 saturated carbocycles. The van der Waals surface area contributed by atoms with Gasteiger partial charge < -0.3 is 9.64 Å². The maximum atomic E-state index is 13.4. The molecule has 2 fully saturated rings. The third kappa shape index (κ3) is 3.77. The molecule has 1 heterocycles. The summed E-state index contributed by atoms with van der Waals surface area (Å²) in [7, 11) is 1.60. The summed E-state index contributed by atoms with van der Waals surface area (Å²) in [6.45, 7) is 5.47. The molecule has 5 atom stereocenters. The van der Waals surface area contributed by atoms with Gasteiger partial charge in [-0.1, -0.05) is 38.1 Å². The molecule has 0 radical (unpaired) electrons. The molecule has 0 aromatic heterocycles. The molecule has 166 valence electrons. The van der Waals surface area contributed by atoms with Crippen LogP contribution in [-0.2, 0) is 14.4 Å². The zero-order chi connectivity index (χ0) is 22.1. The molecule has 1 aromatic carbocycles. The lowest BCUT2D eigenvalue weighted by Gasteiger charge is -2.30. The summed E-state index contributed by atoms with van der Waals surface area (Å²) in [5.74, 6) is 0.243. The van der Waals surface area contributed by atoms with Gasteiger partial charge in [0, 0.05) is 13.1 Å². The van der Waals surface area contributed by atoms with Crippen LogP contribution in [0, 0.1) is 23.7 Å². The summed E-state index contributed by atoms with van der Waals surface area (Å²) in [6.07, 6.45) is 6.95. The van der Waals surface area contributed by atoms with Crippen LogP contribution in [0.3, 0.4) is 0 Å². The van der Waals surface area contributed by atoms with E-state index in [1.165, 1.54) is 4.90 Å². The molecule has 1 aromatic rings. The first-order chi connectivity index (χ1) is 15.0. The summed E-state index contributed by atoms with van der Waals surface area (Å²) in [6, 6.07) is 6.78. The van der Waals surface area contributed by atoms with Crippen LogP contribution in [0.15, 0.2) is 36.4 Å². The molecule has 2 bridgehead atoms. The van der Waals surface area contributed by atoms with E-state index in [9.17, 15) is 14.4 Å². The molecule has 0 N–H and O–H groups in total. The van der Waals surface area contributed by atoms with Crippen molar-refractivity contribution in [3.63, 3.8) is 0 Å². The van der Waals surface area contributed by atoms with E-state index in [4.69, 9.17) is 4.74 Å². The number of rotatable bonds is 9. The predicted molar refractivity (Wildman–Crippen MR) is 117 cm³/mol. The number of fused-ring (bicyclic) bond motifs is 5. The molecule has 6 nitrogen and oxygen atoms in total. The van der Waals surface area contributed by atoms with Crippen LogP contribution >= 0.6 is 0 Å². The van der Waals surface area contributed by atoms with Crippen LogP contribution in [0.2, 0.25) is 0 Å². The van der Waals surface area contributed by atoms with Crippen LogP contribution in [0.1, 0.15) is 51.1 Å². The highest BCUT2D eigenvalue weighted by molar-refractivity contribution is 6.07. The van der Waals surface area contributed by atoms with E-state index in [1.54, 1.807) is 7.11 Å². The first-order valence-electron chi connectivity index (χ1n) is 11.5. The lowest BCUT2D eigenvalue weighted by molar-refractivity contribution is -0.145. The number of likely N-dealkylation sites (tertiary alicyclic amines) is 1. The fourth-order valence-corrected chi connectivity index (χ4v) is 5.61. The fourth-order valence-electron chi connectivity index (χ4n) is 5.61. The van der Waals surface area contributed by atoms with Crippen molar-refractivity contribution in [2.75, 3.05) is 20.2 Å². The first-order valence-corrected chi connectivity index (χ1v) is 11.5. The number of carbonyl (C=O) groups is 3. The number of hydrogen-bond acceptors (Lipinski definition) is 4. The molecule has 6 heteroatoms. The highest BCUT2D eigenvalue weighted by Gasteiger charge is 2.60. The van der Waals surface area contributed by atoms with Crippen molar-refractivity contribution in [3.8, 4) is 5.75 Å². The van der Waals surface area contributed by atoms with Crippen molar-refractivity contribution in [1.82, 2.24) is 9.80 Å². The van der Waals surface area contributed by atoms with E-state index in [2.05, 4.69) is 12.2 Å². The molecule has 0 spiro atoms. The number of ether oxygens (including phenoxy) is 1. The number of nitrogens with zero attached hydrogens (tertiary/aromatic N) is 2. The maximum Gasteiger partial charge on any atom is 0.234 e. The zero-order valence-corrected chi connectivity index (χ0v) is 18.6. The highest BCUT2D eigenvalue weighted by atomic mass is 16.5. The van der Waals surface area contributed by atoms with Crippen LogP contribution in [0.4, 0.5) is 0 Å². The number of benzene rings is 1. The van der Waals surface area contributed by atoms with E-state index >= 15 is 0 Å². The van der Waals surface area contributed by atoms with E-state index in [0.29, 0.717) is 18.8 Å². The molecule has 4 rings (SSSR count).